The molecule has 1 unspecified atom stereocenters. The average molecular weight is 275 g/mol. The Labute approximate surface area is 118 Å². The van der Waals surface area contributed by atoms with Crippen LogP contribution < -0.4 is 15.2 Å². The molecule has 106 valence electrons. The predicted octanol–water partition coefficient (Wildman–Crippen LogP) is 3.52. The Morgan fingerprint density at radius 1 is 1.10 bits per heavy atom. The van der Waals surface area contributed by atoms with Gasteiger partial charge in [-0.3, -0.25) is 0 Å². The normalized spacial score (nSPS) is 12.0. The first kappa shape index (κ1) is 14.3. The topological polar surface area (TPSA) is 44.5 Å². The molecule has 0 amide bonds. The van der Waals surface area contributed by atoms with Crippen molar-refractivity contribution in [1.29, 1.82) is 0 Å². The van der Waals surface area contributed by atoms with Crippen LogP contribution in [-0.2, 0) is 6.42 Å². The number of hydrogen-bond acceptors (Lipinski definition) is 3. The Balaban J connectivity index is 2.26. The highest BCUT2D eigenvalue weighted by Gasteiger charge is 2.12. The van der Waals surface area contributed by atoms with Gasteiger partial charge in [-0.05, 0) is 49.2 Å². The van der Waals surface area contributed by atoms with Crippen molar-refractivity contribution < 1.29 is 13.9 Å². The van der Waals surface area contributed by atoms with Crippen LogP contribution in [0.15, 0.2) is 42.5 Å². The van der Waals surface area contributed by atoms with Gasteiger partial charge in [-0.25, -0.2) is 4.39 Å². The molecule has 0 aliphatic carbocycles. The minimum absolute atomic E-state index is 0.0602. The maximum atomic E-state index is 13.9. The van der Waals surface area contributed by atoms with Gasteiger partial charge in [0.15, 0.2) is 11.6 Å². The van der Waals surface area contributed by atoms with Gasteiger partial charge in [0.25, 0.3) is 0 Å². The van der Waals surface area contributed by atoms with Crippen LogP contribution in [0.5, 0.6) is 17.2 Å². The average Bonchev–Trinajstić information content (AvgIpc) is 2.43. The first-order valence-electron chi connectivity index (χ1n) is 6.45. The van der Waals surface area contributed by atoms with Crippen molar-refractivity contribution in [3.05, 3.63) is 53.8 Å². The molecule has 0 spiro atoms. The SMILES string of the molecule is COc1ccc(Oc2c(F)cccc2CC(C)N)cc1. The van der Waals surface area contributed by atoms with Crippen LogP contribution in [0.25, 0.3) is 0 Å². The minimum atomic E-state index is -0.390. The van der Waals surface area contributed by atoms with Crippen molar-refractivity contribution in [2.45, 2.75) is 19.4 Å². The van der Waals surface area contributed by atoms with E-state index in [-0.39, 0.29) is 17.6 Å². The van der Waals surface area contributed by atoms with Gasteiger partial charge in [0.2, 0.25) is 0 Å². The van der Waals surface area contributed by atoms with E-state index in [1.807, 2.05) is 13.0 Å². The van der Waals surface area contributed by atoms with Crippen LogP contribution in [0, 0.1) is 5.82 Å². The number of para-hydroxylation sites is 1. The lowest BCUT2D eigenvalue weighted by atomic mass is 10.1. The molecular weight excluding hydrogens is 257 g/mol. The van der Waals surface area contributed by atoms with E-state index in [9.17, 15) is 4.39 Å². The lowest BCUT2D eigenvalue weighted by Gasteiger charge is -2.13. The lowest BCUT2D eigenvalue weighted by Crippen LogP contribution is -2.18. The highest BCUT2D eigenvalue weighted by Crippen LogP contribution is 2.30. The van der Waals surface area contributed by atoms with Crippen molar-refractivity contribution in [3.8, 4) is 17.2 Å². The fourth-order valence-corrected chi connectivity index (χ4v) is 1.94. The van der Waals surface area contributed by atoms with Crippen LogP contribution >= 0.6 is 0 Å². The first-order chi connectivity index (χ1) is 9.60. The maximum Gasteiger partial charge on any atom is 0.166 e. The largest absolute Gasteiger partial charge is 0.497 e. The molecule has 0 radical (unpaired) electrons. The molecule has 2 rings (SSSR count). The van der Waals surface area contributed by atoms with Crippen molar-refractivity contribution in [2.75, 3.05) is 7.11 Å². The van der Waals surface area contributed by atoms with E-state index in [4.69, 9.17) is 15.2 Å². The fourth-order valence-electron chi connectivity index (χ4n) is 1.94. The zero-order valence-electron chi connectivity index (χ0n) is 11.6. The number of nitrogens with two attached hydrogens (primary N) is 1. The molecule has 1 atom stereocenters. The second-order valence-electron chi connectivity index (χ2n) is 4.69. The van der Waals surface area contributed by atoms with Gasteiger partial charge in [-0.15, -0.1) is 0 Å². The second kappa shape index (κ2) is 6.39. The maximum absolute atomic E-state index is 13.9. The first-order valence-corrected chi connectivity index (χ1v) is 6.45. The van der Waals surface area contributed by atoms with Gasteiger partial charge in [0.1, 0.15) is 11.5 Å². The second-order valence-corrected chi connectivity index (χ2v) is 4.69. The molecule has 0 aliphatic rings. The summed E-state index contributed by atoms with van der Waals surface area (Å²) in [4.78, 5) is 0. The Bertz CT molecular complexity index is 567. The molecule has 20 heavy (non-hydrogen) atoms. The van der Waals surface area contributed by atoms with E-state index >= 15 is 0 Å². The standard InChI is InChI=1S/C16H18FNO2/c1-11(18)10-12-4-3-5-15(17)16(12)20-14-8-6-13(19-2)7-9-14/h3-9,11H,10,18H2,1-2H3. The number of halogens is 1. The van der Waals surface area contributed by atoms with Gasteiger partial charge in [-0.2, -0.15) is 0 Å². The molecule has 3 nitrogen and oxygen atoms in total. The number of hydrogen-bond donors (Lipinski definition) is 1. The van der Waals surface area contributed by atoms with Gasteiger partial charge in [-0.1, -0.05) is 12.1 Å². The summed E-state index contributed by atoms with van der Waals surface area (Å²) >= 11 is 0. The van der Waals surface area contributed by atoms with Gasteiger partial charge in [0.05, 0.1) is 7.11 Å². The molecule has 0 saturated carbocycles. The molecule has 2 aromatic rings. The van der Waals surface area contributed by atoms with Crippen molar-refractivity contribution in [3.63, 3.8) is 0 Å². The van der Waals surface area contributed by atoms with E-state index < -0.39 is 0 Å². The minimum Gasteiger partial charge on any atom is -0.497 e. The number of ether oxygens (including phenoxy) is 2. The Kier molecular flexibility index (Phi) is 4.58. The molecule has 2 N–H and O–H groups in total. The molecule has 0 bridgehead atoms. The monoisotopic (exact) mass is 275 g/mol. The molecule has 0 saturated heterocycles. The molecule has 0 aromatic heterocycles. The summed E-state index contributed by atoms with van der Waals surface area (Å²) in [5.74, 6) is 1.12. The van der Waals surface area contributed by atoms with E-state index in [1.54, 1.807) is 37.4 Å². The molecular formula is C16H18FNO2. The summed E-state index contributed by atoms with van der Waals surface area (Å²) in [7, 11) is 1.59. The summed E-state index contributed by atoms with van der Waals surface area (Å²) in [6.45, 7) is 1.88. The lowest BCUT2D eigenvalue weighted by molar-refractivity contribution is 0.410. The molecule has 4 heteroatoms. The third-order valence-corrected chi connectivity index (χ3v) is 2.87. The zero-order chi connectivity index (χ0) is 14.5. The van der Waals surface area contributed by atoms with E-state index in [0.717, 1.165) is 11.3 Å². The van der Waals surface area contributed by atoms with Gasteiger partial charge >= 0.3 is 0 Å². The van der Waals surface area contributed by atoms with Crippen LogP contribution in [0.3, 0.4) is 0 Å². The van der Waals surface area contributed by atoms with E-state index in [2.05, 4.69) is 0 Å². The number of methoxy groups -OCH3 is 1. The third-order valence-electron chi connectivity index (χ3n) is 2.87. The highest BCUT2D eigenvalue weighted by atomic mass is 19.1. The summed E-state index contributed by atoms with van der Waals surface area (Å²) in [6.07, 6.45) is 0.559. The van der Waals surface area contributed by atoms with Crippen LogP contribution in [0.2, 0.25) is 0 Å². The number of benzene rings is 2. The summed E-state index contributed by atoms with van der Waals surface area (Å²) < 4.78 is 24.7. The Hall–Kier alpha value is -2.07. The fraction of sp³-hybridized carbons (Fsp3) is 0.250. The zero-order valence-corrected chi connectivity index (χ0v) is 11.6. The van der Waals surface area contributed by atoms with Crippen molar-refractivity contribution in [2.24, 2.45) is 5.73 Å². The Morgan fingerprint density at radius 3 is 2.35 bits per heavy atom. The van der Waals surface area contributed by atoms with E-state index in [1.165, 1.54) is 6.07 Å². The molecule has 0 aliphatic heterocycles. The van der Waals surface area contributed by atoms with Gasteiger partial charge in [0, 0.05) is 6.04 Å². The van der Waals surface area contributed by atoms with Crippen molar-refractivity contribution in [1.82, 2.24) is 0 Å². The van der Waals surface area contributed by atoms with Gasteiger partial charge < -0.3 is 15.2 Å². The van der Waals surface area contributed by atoms with Crippen molar-refractivity contribution >= 4 is 0 Å². The van der Waals surface area contributed by atoms with Crippen LogP contribution in [-0.4, -0.2) is 13.2 Å². The summed E-state index contributed by atoms with van der Waals surface area (Å²) in [5.41, 5.74) is 6.54. The highest BCUT2D eigenvalue weighted by molar-refractivity contribution is 5.40. The quantitative estimate of drug-likeness (QED) is 0.908. The molecule has 2 aromatic carbocycles. The van der Waals surface area contributed by atoms with Crippen LogP contribution in [0.1, 0.15) is 12.5 Å². The molecule has 0 heterocycles. The van der Waals surface area contributed by atoms with Crippen LogP contribution in [0.4, 0.5) is 4.39 Å². The van der Waals surface area contributed by atoms with E-state index in [0.29, 0.717) is 12.2 Å². The predicted molar refractivity (Wildman–Crippen MR) is 76.8 cm³/mol. The number of rotatable bonds is 5. The Morgan fingerprint density at radius 2 is 1.75 bits per heavy atom. The summed E-state index contributed by atoms with van der Waals surface area (Å²) in [6, 6.07) is 11.8. The smallest absolute Gasteiger partial charge is 0.166 e. The molecule has 0 fully saturated rings. The third kappa shape index (κ3) is 3.48. The summed E-state index contributed by atoms with van der Waals surface area (Å²) in [5, 5.41) is 0.